The van der Waals surface area contributed by atoms with Crippen LogP contribution in [0.4, 0.5) is 19.0 Å². The van der Waals surface area contributed by atoms with Crippen molar-refractivity contribution < 1.29 is 13.2 Å². The summed E-state index contributed by atoms with van der Waals surface area (Å²) in [5.74, 6) is -0.173. The van der Waals surface area contributed by atoms with Gasteiger partial charge in [0.15, 0.2) is 0 Å². The molecule has 106 valence electrons. The van der Waals surface area contributed by atoms with Crippen LogP contribution < -0.4 is 5.32 Å². The molecule has 0 unspecified atom stereocenters. The molecule has 0 radical (unpaired) electrons. The molecule has 0 saturated heterocycles. The Balaban J connectivity index is 2.20. The Morgan fingerprint density at radius 3 is 2.50 bits per heavy atom. The van der Waals surface area contributed by atoms with E-state index in [0.29, 0.717) is 0 Å². The van der Waals surface area contributed by atoms with Crippen molar-refractivity contribution in [2.24, 2.45) is 0 Å². The highest BCUT2D eigenvalue weighted by Crippen LogP contribution is 2.33. The van der Waals surface area contributed by atoms with Crippen molar-refractivity contribution in [1.82, 2.24) is 9.97 Å². The predicted molar refractivity (Wildman–Crippen MR) is 70.2 cm³/mol. The third-order valence-corrected chi connectivity index (χ3v) is 2.90. The molecule has 6 heteroatoms. The standard InChI is InChI=1S/C14H14F3N3/c1-2-10-5-3-7-18-12(10)9-20-13-11(14(15,16)17)6-4-8-19-13/h3-8H,2,9H2,1H3,(H,19,20). The second-order valence-corrected chi connectivity index (χ2v) is 4.21. The van der Waals surface area contributed by atoms with Gasteiger partial charge in [-0.3, -0.25) is 4.98 Å². The number of aryl methyl sites for hydroxylation is 1. The van der Waals surface area contributed by atoms with Gasteiger partial charge in [0.1, 0.15) is 5.82 Å². The minimum absolute atomic E-state index is 0.173. The fraction of sp³-hybridized carbons (Fsp3) is 0.286. The van der Waals surface area contributed by atoms with Crippen LogP contribution >= 0.6 is 0 Å². The molecule has 0 bridgehead atoms. The summed E-state index contributed by atoms with van der Waals surface area (Å²) in [6, 6.07) is 6.00. The summed E-state index contributed by atoms with van der Waals surface area (Å²) in [6.07, 6.45) is -0.691. The summed E-state index contributed by atoms with van der Waals surface area (Å²) >= 11 is 0. The average Bonchev–Trinajstić information content (AvgIpc) is 2.44. The zero-order valence-electron chi connectivity index (χ0n) is 10.9. The van der Waals surface area contributed by atoms with E-state index in [1.54, 1.807) is 6.20 Å². The Bertz CT molecular complexity index is 582. The van der Waals surface area contributed by atoms with Crippen LogP contribution in [0, 0.1) is 0 Å². The van der Waals surface area contributed by atoms with Crippen molar-refractivity contribution in [2.45, 2.75) is 26.1 Å². The Morgan fingerprint density at radius 1 is 1.10 bits per heavy atom. The number of anilines is 1. The zero-order chi connectivity index (χ0) is 14.6. The first-order valence-electron chi connectivity index (χ1n) is 6.21. The number of halogens is 3. The van der Waals surface area contributed by atoms with Crippen molar-refractivity contribution in [3.8, 4) is 0 Å². The number of hydrogen-bond acceptors (Lipinski definition) is 3. The molecule has 0 aromatic carbocycles. The maximum atomic E-state index is 12.8. The Hall–Kier alpha value is -2.11. The van der Waals surface area contributed by atoms with Gasteiger partial charge in [0.2, 0.25) is 0 Å². The van der Waals surface area contributed by atoms with Crippen LogP contribution in [-0.4, -0.2) is 9.97 Å². The van der Waals surface area contributed by atoms with Gasteiger partial charge in [-0.05, 0) is 30.2 Å². The van der Waals surface area contributed by atoms with Gasteiger partial charge in [-0.2, -0.15) is 13.2 Å². The molecule has 1 N–H and O–H groups in total. The maximum Gasteiger partial charge on any atom is 0.419 e. The second kappa shape index (κ2) is 5.90. The first-order valence-corrected chi connectivity index (χ1v) is 6.21. The van der Waals surface area contributed by atoms with Crippen LogP contribution in [0.15, 0.2) is 36.7 Å². The van der Waals surface area contributed by atoms with Crippen molar-refractivity contribution in [3.05, 3.63) is 53.5 Å². The molecule has 0 amide bonds. The molecule has 0 aliphatic heterocycles. The molecule has 0 atom stereocenters. The van der Waals surface area contributed by atoms with E-state index < -0.39 is 11.7 Å². The van der Waals surface area contributed by atoms with Gasteiger partial charge in [-0.25, -0.2) is 4.98 Å². The molecule has 0 fully saturated rings. The van der Waals surface area contributed by atoms with E-state index in [1.165, 1.54) is 12.3 Å². The number of hydrogen-bond donors (Lipinski definition) is 1. The third kappa shape index (κ3) is 3.26. The van der Waals surface area contributed by atoms with Crippen LogP contribution in [0.3, 0.4) is 0 Å². The topological polar surface area (TPSA) is 37.8 Å². The lowest BCUT2D eigenvalue weighted by molar-refractivity contribution is -0.137. The molecular formula is C14H14F3N3. The minimum Gasteiger partial charge on any atom is -0.364 e. The lowest BCUT2D eigenvalue weighted by Crippen LogP contribution is -2.13. The van der Waals surface area contributed by atoms with Crippen LogP contribution in [0.2, 0.25) is 0 Å². The van der Waals surface area contributed by atoms with E-state index in [1.807, 2.05) is 19.1 Å². The predicted octanol–water partition coefficient (Wildman–Crippen LogP) is 3.67. The minimum atomic E-state index is -4.42. The quantitative estimate of drug-likeness (QED) is 0.929. The summed E-state index contributed by atoms with van der Waals surface area (Å²) in [5, 5.41) is 2.72. The molecule has 0 saturated carbocycles. The van der Waals surface area contributed by atoms with E-state index in [-0.39, 0.29) is 12.4 Å². The van der Waals surface area contributed by atoms with Crippen LogP contribution in [0.25, 0.3) is 0 Å². The number of nitrogens with zero attached hydrogens (tertiary/aromatic N) is 2. The number of aromatic nitrogens is 2. The van der Waals surface area contributed by atoms with E-state index in [2.05, 4.69) is 15.3 Å². The molecule has 2 aromatic heterocycles. The number of pyridine rings is 2. The Morgan fingerprint density at radius 2 is 1.80 bits per heavy atom. The summed E-state index contributed by atoms with van der Waals surface area (Å²) in [6.45, 7) is 2.19. The van der Waals surface area contributed by atoms with Gasteiger partial charge >= 0.3 is 6.18 Å². The normalized spacial score (nSPS) is 11.4. The summed E-state index contributed by atoms with van der Waals surface area (Å²) in [4.78, 5) is 7.94. The van der Waals surface area contributed by atoms with E-state index in [4.69, 9.17) is 0 Å². The third-order valence-electron chi connectivity index (χ3n) is 2.90. The highest BCUT2D eigenvalue weighted by Gasteiger charge is 2.34. The molecule has 0 aliphatic rings. The summed E-state index contributed by atoms with van der Waals surface area (Å²) in [7, 11) is 0. The van der Waals surface area contributed by atoms with Crippen LogP contribution in [-0.2, 0) is 19.1 Å². The van der Waals surface area contributed by atoms with E-state index in [9.17, 15) is 13.2 Å². The second-order valence-electron chi connectivity index (χ2n) is 4.21. The van der Waals surface area contributed by atoms with Gasteiger partial charge in [0.25, 0.3) is 0 Å². The fourth-order valence-electron chi connectivity index (χ4n) is 1.89. The summed E-state index contributed by atoms with van der Waals surface area (Å²) in [5.41, 5.74) is 0.965. The zero-order valence-corrected chi connectivity index (χ0v) is 10.9. The van der Waals surface area contributed by atoms with Crippen LogP contribution in [0.1, 0.15) is 23.7 Å². The van der Waals surface area contributed by atoms with E-state index in [0.717, 1.165) is 23.7 Å². The molecule has 2 heterocycles. The monoisotopic (exact) mass is 281 g/mol. The van der Waals surface area contributed by atoms with Crippen molar-refractivity contribution in [2.75, 3.05) is 5.32 Å². The SMILES string of the molecule is CCc1cccnc1CNc1ncccc1C(F)(F)F. The first kappa shape index (κ1) is 14.3. The lowest BCUT2D eigenvalue weighted by Gasteiger charge is -2.13. The molecule has 2 aromatic rings. The largest absolute Gasteiger partial charge is 0.419 e. The molecule has 20 heavy (non-hydrogen) atoms. The van der Waals surface area contributed by atoms with Gasteiger partial charge in [0, 0.05) is 12.4 Å². The highest BCUT2D eigenvalue weighted by atomic mass is 19.4. The van der Waals surface area contributed by atoms with Gasteiger partial charge in [-0.1, -0.05) is 13.0 Å². The van der Waals surface area contributed by atoms with Crippen molar-refractivity contribution >= 4 is 5.82 Å². The number of alkyl halides is 3. The Kier molecular flexibility index (Phi) is 4.22. The highest BCUT2D eigenvalue weighted by molar-refractivity contribution is 5.46. The average molecular weight is 281 g/mol. The Labute approximate surface area is 114 Å². The number of rotatable bonds is 4. The summed E-state index contributed by atoms with van der Waals surface area (Å²) < 4.78 is 38.5. The van der Waals surface area contributed by atoms with Crippen LogP contribution in [0.5, 0.6) is 0 Å². The fourth-order valence-corrected chi connectivity index (χ4v) is 1.89. The van der Waals surface area contributed by atoms with Gasteiger partial charge < -0.3 is 5.32 Å². The van der Waals surface area contributed by atoms with Crippen molar-refractivity contribution in [3.63, 3.8) is 0 Å². The van der Waals surface area contributed by atoms with E-state index >= 15 is 0 Å². The molecule has 2 rings (SSSR count). The maximum absolute atomic E-state index is 12.8. The first-order chi connectivity index (χ1) is 9.52. The lowest BCUT2D eigenvalue weighted by atomic mass is 10.1. The molecule has 0 spiro atoms. The molecule has 0 aliphatic carbocycles. The number of nitrogens with one attached hydrogen (secondary N) is 1. The smallest absolute Gasteiger partial charge is 0.364 e. The molecular weight excluding hydrogens is 267 g/mol. The van der Waals surface area contributed by atoms with Crippen molar-refractivity contribution in [1.29, 1.82) is 0 Å². The van der Waals surface area contributed by atoms with Gasteiger partial charge in [-0.15, -0.1) is 0 Å². The van der Waals surface area contributed by atoms with Gasteiger partial charge in [0.05, 0.1) is 17.8 Å². The molecule has 3 nitrogen and oxygen atoms in total.